The molecule has 0 bridgehead atoms. The zero-order valence-electron chi connectivity index (χ0n) is 15.4. The number of rotatable bonds is 8. The maximum Gasteiger partial charge on any atom is 0.343 e. The van der Waals surface area contributed by atoms with Crippen LogP contribution in [0.25, 0.3) is 0 Å². The number of benzene rings is 2. The van der Waals surface area contributed by atoms with Gasteiger partial charge in [0.15, 0.2) is 0 Å². The standard InChI is InChI=1S/C21H24Br2O3/c1-4-6-11-25-19-9-8-16(13-17(19)22)21(24)26-20-10-7-15(12-18(20)23)14(3)5-2/h7-10,12-14H,4-6,11H2,1-3H3. The van der Waals surface area contributed by atoms with Crippen molar-refractivity contribution in [3.8, 4) is 11.5 Å². The molecule has 2 aromatic rings. The topological polar surface area (TPSA) is 35.5 Å². The second-order valence-electron chi connectivity index (χ2n) is 6.24. The highest BCUT2D eigenvalue weighted by Gasteiger charge is 2.14. The van der Waals surface area contributed by atoms with Crippen LogP contribution in [0.3, 0.4) is 0 Å². The molecule has 2 aromatic carbocycles. The second kappa shape index (κ2) is 10.1. The smallest absolute Gasteiger partial charge is 0.343 e. The van der Waals surface area contributed by atoms with Crippen LogP contribution in [-0.2, 0) is 0 Å². The quantitative estimate of drug-likeness (QED) is 0.227. The van der Waals surface area contributed by atoms with E-state index >= 15 is 0 Å². The summed E-state index contributed by atoms with van der Waals surface area (Å²) >= 11 is 6.96. The maximum absolute atomic E-state index is 12.5. The fourth-order valence-corrected chi connectivity index (χ4v) is 3.34. The molecule has 0 aliphatic carbocycles. The molecule has 0 fully saturated rings. The normalized spacial score (nSPS) is 11.9. The van der Waals surface area contributed by atoms with E-state index < -0.39 is 5.97 Å². The number of hydrogen-bond acceptors (Lipinski definition) is 3. The molecule has 0 radical (unpaired) electrons. The van der Waals surface area contributed by atoms with Gasteiger partial charge in [0.05, 0.1) is 21.1 Å². The molecule has 1 unspecified atom stereocenters. The lowest BCUT2D eigenvalue weighted by molar-refractivity contribution is 0.0733. The Morgan fingerprint density at radius 1 is 1.04 bits per heavy atom. The van der Waals surface area contributed by atoms with Crippen LogP contribution in [0.2, 0.25) is 0 Å². The molecule has 0 spiro atoms. The summed E-state index contributed by atoms with van der Waals surface area (Å²) in [6.07, 6.45) is 3.13. The van der Waals surface area contributed by atoms with Gasteiger partial charge in [-0.3, -0.25) is 0 Å². The number of ether oxygens (including phenoxy) is 2. The third-order valence-corrected chi connectivity index (χ3v) is 5.50. The van der Waals surface area contributed by atoms with Gasteiger partial charge in [0.25, 0.3) is 0 Å². The Bertz CT molecular complexity index is 759. The van der Waals surface area contributed by atoms with Crippen LogP contribution >= 0.6 is 31.9 Å². The van der Waals surface area contributed by atoms with Gasteiger partial charge in [-0.15, -0.1) is 0 Å². The van der Waals surface area contributed by atoms with Gasteiger partial charge in [0.2, 0.25) is 0 Å². The van der Waals surface area contributed by atoms with Crippen molar-refractivity contribution < 1.29 is 14.3 Å². The first-order valence-electron chi connectivity index (χ1n) is 8.90. The van der Waals surface area contributed by atoms with Crippen molar-refractivity contribution >= 4 is 37.8 Å². The van der Waals surface area contributed by atoms with E-state index in [4.69, 9.17) is 9.47 Å². The van der Waals surface area contributed by atoms with Gasteiger partial charge in [-0.1, -0.05) is 33.3 Å². The minimum Gasteiger partial charge on any atom is -0.492 e. The molecule has 140 valence electrons. The van der Waals surface area contributed by atoms with E-state index in [1.807, 2.05) is 18.2 Å². The Morgan fingerprint density at radius 3 is 2.35 bits per heavy atom. The molecule has 1 atom stereocenters. The van der Waals surface area contributed by atoms with Crippen molar-refractivity contribution in [2.24, 2.45) is 0 Å². The predicted molar refractivity (Wildman–Crippen MR) is 112 cm³/mol. The fraction of sp³-hybridized carbons (Fsp3) is 0.381. The number of carbonyl (C=O) groups is 1. The van der Waals surface area contributed by atoms with Crippen LogP contribution in [-0.4, -0.2) is 12.6 Å². The molecular weight excluding hydrogens is 460 g/mol. The first kappa shape index (κ1) is 21.0. The van der Waals surface area contributed by atoms with Crippen molar-refractivity contribution in [2.45, 2.75) is 46.0 Å². The van der Waals surface area contributed by atoms with E-state index in [0.717, 1.165) is 34.0 Å². The molecule has 0 aromatic heterocycles. The Labute approximate surface area is 172 Å². The van der Waals surface area contributed by atoms with Gasteiger partial charge in [0.1, 0.15) is 11.5 Å². The molecule has 0 amide bonds. The molecule has 0 saturated heterocycles. The zero-order chi connectivity index (χ0) is 19.1. The van der Waals surface area contributed by atoms with Crippen LogP contribution in [0.1, 0.15) is 61.9 Å². The van der Waals surface area contributed by atoms with Crippen LogP contribution in [0.5, 0.6) is 11.5 Å². The third kappa shape index (κ3) is 5.58. The molecule has 0 aliphatic rings. The maximum atomic E-state index is 12.5. The number of halogens is 2. The minimum absolute atomic E-state index is 0.400. The SMILES string of the molecule is CCCCOc1ccc(C(=O)Oc2ccc(C(C)CC)cc2Br)cc1Br. The summed E-state index contributed by atoms with van der Waals surface area (Å²) < 4.78 is 12.8. The van der Waals surface area contributed by atoms with Gasteiger partial charge >= 0.3 is 5.97 Å². The monoisotopic (exact) mass is 482 g/mol. The van der Waals surface area contributed by atoms with E-state index in [9.17, 15) is 4.79 Å². The molecule has 0 heterocycles. The summed E-state index contributed by atoms with van der Waals surface area (Å²) in [6, 6.07) is 11.1. The summed E-state index contributed by atoms with van der Waals surface area (Å²) in [6.45, 7) is 7.11. The number of unbranched alkanes of at least 4 members (excludes halogenated alkanes) is 1. The Kier molecular flexibility index (Phi) is 8.16. The number of hydrogen-bond donors (Lipinski definition) is 0. The van der Waals surface area contributed by atoms with E-state index in [0.29, 0.717) is 23.8 Å². The highest BCUT2D eigenvalue weighted by Crippen LogP contribution is 2.31. The van der Waals surface area contributed by atoms with E-state index in [-0.39, 0.29) is 0 Å². The lowest BCUT2D eigenvalue weighted by Crippen LogP contribution is -2.09. The van der Waals surface area contributed by atoms with Crippen LogP contribution in [0.4, 0.5) is 0 Å². The molecular formula is C21H24Br2O3. The highest BCUT2D eigenvalue weighted by atomic mass is 79.9. The molecule has 0 saturated carbocycles. The first-order valence-corrected chi connectivity index (χ1v) is 10.5. The molecule has 0 N–H and O–H groups in total. The molecule has 0 aliphatic heterocycles. The van der Waals surface area contributed by atoms with Crippen LogP contribution < -0.4 is 9.47 Å². The predicted octanol–water partition coefficient (Wildman–Crippen LogP) is 7.12. The van der Waals surface area contributed by atoms with Crippen molar-refractivity contribution in [3.05, 3.63) is 56.5 Å². The van der Waals surface area contributed by atoms with E-state index in [2.05, 4.69) is 52.6 Å². The average Bonchev–Trinajstić information content (AvgIpc) is 2.64. The summed E-state index contributed by atoms with van der Waals surface area (Å²) in [5.41, 5.74) is 1.69. The summed E-state index contributed by atoms with van der Waals surface area (Å²) in [7, 11) is 0. The molecule has 26 heavy (non-hydrogen) atoms. The first-order chi connectivity index (χ1) is 12.5. The Balaban J connectivity index is 2.09. The minimum atomic E-state index is -0.400. The molecule has 3 nitrogen and oxygen atoms in total. The largest absolute Gasteiger partial charge is 0.492 e. The van der Waals surface area contributed by atoms with Crippen LogP contribution in [0, 0.1) is 0 Å². The van der Waals surface area contributed by atoms with Crippen molar-refractivity contribution in [3.63, 3.8) is 0 Å². The van der Waals surface area contributed by atoms with Gasteiger partial charge in [-0.2, -0.15) is 0 Å². The fourth-order valence-electron chi connectivity index (χ4n) is 2.37. The van der Waals surface area contributed by atoms with Gasteiger partial charge in [-0.05, 0) is 86.5 Å². The Morgan fingerprint density at radius 2 is 1.73 bits per heavy atom. The second-order valence-corrected chi connectivity index (χ2v) is 7.94. The Hall–Kier alpha value is -1.33. The van der Waals surface area contributed by atoms with E-state index in [1.54, 1.807) is 18.2 Å². The average molecular weight is 484 g/mol. The lowest BCUT2D eigenvalue weighted by atomic mass is 9.99. The number of esters is 1. The molecule has 5 heteroatoms. The lowest BCUT2D eigenvalue weighted by Gasteiger charge is -2.13. The van der Waals surface area contributed by atoms with Gasteiger partial charge in [-0.25, -0.2) is 4.79 Å². The van der Waals surface area contributed by atoms with Crippen molar-refractivity contribution in [1.82, 2.24) is 0 Å². The van der Waals surface area contributed by atoms with Crippen molar-refractivity contribution in [2.75, 3.05) is 6.61 Å². The van der Waals surface area contributed by atoms with Crippen LogP contribution in [0.15, 0.2) is 45.3 Å². The summed E-state index contributed by atoms with van der Waals surface area (Å²) in [5.74, 6) is 1.31. The zero-order valence-corrected chi connectivity index (χ0v) is 18.5. The summed E-state index contributed by atoms with van der Waals surface area (Å²) in [4.78, 5) is 12.5. The number of carbonyl (C=O) groups excluding carboxylic acids is 1. The molecule has 2 rings (SSSR count). The van der Waals surface area contributed by atoms with E-state index in [1.165, 1.54) is 5.56 Å². The van der Waals surface area contributed by atoms with Gasteiger partial charge < -0.3 is 9.47 Å². The highest BCUT2D eigenvalue weighted by molar-refractivity contribution is 9.10. The van der Waals surface area contributed by atoms with Gasteiger partial charge in [0, 0.05) is 0 Å². The summed E-state index contributed by atoms with van der Waals surface area (Å²) in [5, 5.41) is 0. The third-order valence-electron chi connectivity index (χ3n) is 4.26. The van der Waals surface area contributed by atoms with Crippen molar-refractivity contribution in [1.29, 1.82) is 0 Å².